The number of hydrogen-bond acceptors (Lipinski definition) is 5. The van der Waals surface area contributed by atoms with Crippen LogP contribution in [0.5, 0.6) is 0 Å². The molecule has 2 aromatic rings. The van der Waals surface area contributed by atoms with Crippen LogP contribution in [0.15, 0.2) is 23.6 Å². The van der Waals surface area contributed by atoms with Crippen molar-refractivity contribution in [3.05, 3.63) is 39.8 Å². The fraction of sp³-hybridized carbons (Fsp3) is 0.385. The Bertz CT molecular complexity index is 496. The molecule has 96 valence electrons. The van der Waals surface area contributed by atoms with Crippen LogP contribution in [0.2, 0.25) is 0 Å². The molecule has 0 atom stereocenters. The second kappa shape index (κ2) is 5.93. The number of anilines is 1. The Labute approximate surface area is 111 Å². The quantitative estimate of drug-likeness (QED) is 0.898. The molecular formula is C13H18N4S. The molecule has 2 aromatic heterocycles. The number of hydrogen-bond donors (Lipinski definition) is 1. The normalized spacial score (nSPS) is 10.6. The van der Waals surface area contributed by atoms with E-state index in [-0.39, 0.29) is 0 Å². The van der Waals surface area contributed by atoms with Crippen molar-refractivity contribution in [1.29, 1.82) is 0 Å². The Balaban J connectivity index is 2.24. The molecule has 18 heavy (non-hydrogen) atoms. The van der Waals surface area contributed by atoms with Crippen LogP contribution in [0.4, 0.5) is 5.95 Å². The van der Waals surface area contributed by atoms with Crippen molar-refractivity contribution in [3.63, 3.8) is 0 Å². The fourth-order valence-corrected chi connectivity index (χ4v) is 2.50. The summed E-state index contributed by atoms with van der Waals surface area (Å²) >= 11 is 1.75. The maximum atomic E-state index is 5.66. The zero-order valence-electron chi connectivity index (χ0n) is 10.8. The minimum absolute atomic E-state index is 0.451. The molecule has 5 heteroatoms. The van der Waals surface area contributed by atoms with E-state index in [2.05, 4.69) is 39.3 Å². The van der Waals surface area contributed by atoms with Crippen LogP contribution in [-0.2, 0) is 13.1 Å². The third kappa shape index (κ3) is 3.05. The van der Waals surface area contributed by atoms with Crippen molar-refractivity contribution in [2.24, 2.45) is 5.73 Å². The molecule has 0 bridgehead atoms. The van der Waals surface area contributed by atoms with E-state index in [4.69, 9.17) is 5.73 Å². The lowest BCUT2D eigenvalue weighted by atomic mass is 10.3. The third-order valence-electron chi connectivity index (χ3n) is 2.70. The van der Waals surface area contributed by atoms with Gasteiger partial charge in [-0.05, 0) is 31.4 Å². The van der Waals surface area contributed by atoms with Gasteiger partial charge in [-0.25, -0.2) is 9.97 Å². The Kier molecular flexibility index (Phi) is 4.28. The first-order valence-electron chi connectivity index (χ1n) is 6.05. The standard InChI is InChI=1S/C13H18N4S/c1-3-17(9-12-5-4-6-18-12)13-15-10(2)7-11(8-14)16-13/h4-7H,3,8-9,14H2,1-2H3. The SMILES string of the molecule is CCN(Cc1cccs1)c1nc(C)cc(CN)n1. The monoisotopic (exact) mass is 262 g/mol. The molecule has 0 saturated carbocycles. The second-order valence-corrected chi connectivity index (χ2v) is 5.13. The number of aromatic nitrogens is 2. The summed E-state index contributed by atoms with van der Waals surface area (Å²) in [5.74, 6) is 0.770. The molecule has 0 aliphatic heterocycles. The predicted octanol–water partition coefficient (Wildman–Crippen LogP) is 2.33. The smallest absolute Gasteiger partial charge is 0.226 e. The predicted molar refractivity (Wildman–Crippen MR) is 75.7 cm³/mol. The van der Waals surface area contributed by atoms with Crippen LogP contribution in [-0.4, -0.2) is 16.5 Å². The molecule has 0 saturated heterocycles. The van der Waals surface area contributed by atoms with E-state index in [1.54, 1.807) is 11.3 Å². The minimum Gasteiger partial charge on any atom is -0.336 e. The Morgan fingerprint density at radius 1 is 1.39 bits per heavy atom. The van der Waals surface area contributed by atoms with Gasteiger partial charge in [-0.15, -0.1) is 11.3 Å². The zero-order valence-corrected chi connectivity index (χ0v) is 11.6. The van der Waals surface area contributed by atoms with Gasteiger partial charge in [0.2, 0.25) is 5.95 Å². The first-order chi connectivity index (χ1) is 8.72. The summed E-state index contributed by atoms with van der Waals surface area (Å²) in [5, 5.41) is 2.09. The van der Waals surface area contributed by atoms with E-state index < -0.39 is 0 Å². The summed E-state index contributed by atoms with van der Waals surface area (Å²) in [4.78, 5) is 12.5. The third-order valence-corrected chi connectivity index (χ3v) is 3.56. The molecule has 0 spiro atoms. The average molecular weight is 262 g/mol. The van der Waals surface area contributed by atoms with Crippen molar-refractivity contribution in [2.75, 3.05) is 11.4 Å². The average Bonchev–Trinajstić information content (AvgIpc) is 2.88. The van der Waals surface area contributed by atoms with Gasteiger partial charge in [-0.2, -0.15) is 0 Å². The number of rotatable bonds is 5. The van der Waals surface area contributed by atoms with Crippen LogP contribution in [0.25, 0.3) is 0 Å². The van der Waals surface area contributed by atoms with Gasteiger partial charge in [0.15, 0.2) is 0 Å². The molecule has 0 unspecified atom stereocenters. The lowest BCUT2D eigenvalue weighted by Crippen LogP contribution is -2.24. The summed E-state index contributed by atoms with van der Waals surface area (Å²) < 4.78 is 0. The molecule has 4 nitrogen and oxygen atoms in total. The van der Waals surface area contributed by atoms with Gasteiger partial charge >= 0.3 is 0 Å². The molecular weight excluding hydrogens is 244 g/mol. The van der Waals surface area contributed by atoms with E-state index in [1.165, 1.54) is 4.88 Å². The van der Waals surface area contributed by atoms with Crippen molar-refractivity contribution in [2.45, 2.75) is 26.9 Å². The highest BCUT2D eigenvalue weighted by Gasteiger charge is 2.10. The Hall–Kier alpha value is -1.46. The van der Waals surface area contributed by atoms with E-state index in [0.29, 0.717) is 6.54 Å². The molecule has 0 amide bonds. The molecule has 0 aliphatic carbocycles. The molecule has 0 fully saturated rings. The summed E-state index contributed by atoms with van der Waals surface area (Å²) in [6, 6.07) is 6.13. The van der Waals surface area contributed by atoms with Gasteiger partial charge in [-0.1, -0.05) is 6.07 Å². The van der Waals surface area contributed by atoms with Gasteiger partial charge in [0.05, 0.1) is 12.2 Å². The van der Waals surface area contributed by atoms with Gasteiger partial charge < -0.3 is 10.6 Å². The number of nitrogens with two attached hydrogens (primary N) is 1. The van der Waals surface area contributed by atoms with Crippen LogP contribution >= 0.6 is 11.3 Å². The van der Waals surface area contributed by atoms with Gasteiger partial charge in [0.25, 0.3) is 0 Å². The summed E-state index contributed by atoms with van der Waals surface area (Å²) in [7, 11) is 0. The molecule has 2 N–H and O–H groups in total. The van der Waals surface area contributed by atoms with Crippen LogP contribution < -0.4 is 10.6 Å². The Morgan fingerprint density at radius 3 is 2.83 bits per heavy atom. The van der Waals surface area contributed by atoms with E-state index >= 15 is 0 Å². The van der Waals surface area contributed by atoms with Gasteiger partial charge in [0, 0.05) is 23.7 Å². The van der Waals surface area contributed by atoms with Crippen LogP contribution in [0.3, 0.4) is 0 Å². The van der Waals surface area contributed by atoms with Crippen molar-refractivity contribution in [1.82, 2.24) is 9.97 Å². The second-order valence-electron chi connectivity index (χ2n) is 4.10. The maximum Gasteiger partial charge on any atom is 0.226 e. The number of nitrogens with zero attached hydrogens (tertiary/aromatic N) is 3. The van der Waals surface area contributed by atoms with E-state index in [0.717, 1.165) is 30.4 Å². The highest BCUT2D eigenvalue weighted by molar-refractivity contribution is 7.09. The molecule has 2 rings (SSSR count). The topological polar surface area (TPSA) is 55.0 Å². The molecule has 2 heterocycles. The largest absolute Gasteiger partial charge is 0.336 e. The molecule has 0 aromatic carbocycles. The zero-order chi connectivity index (χ0) is 13.0. The highest BCUT2D eigenvalue weighted by Crippen LogP contribution is 2.16. The highest BCUT2D eigenvalue weighted by atomic mass is 32.1. The molecule has 0 aliphatic rings. The fourth-order valence-electron chi connectivity index (χ4n) is 1.78. The van der Waals surface area contributed by atoms with Gasteiger partial charge in [-0.3, -0.25) is 0 Å². The Morgan fingerprint density at radius 2 is 2.22 bits per heavy atom. The van der Waals surface area contributed by atoms with Gasteiger partial charge in [0.1, 0.15) is 0 Å². The lowest BCUT2D eigenvalue weighted by Gasteiger charge is -2.20. The van der Waals surface area contributed by atoms with Crippen LogP contribution in [0, 0.1) is 6.92 Å². The van der Waals surface area contributed by atoms with Crippen molar-refractivity contribution < 1.29 is 0 Å². The lowest BCUT2D eigenvalue weighted by molar-refractivity contribution is 0.783. The summed E-state index contributed by atoms with van der Waals surface area (Å²) in [6.07, 6.45) is 0. The number of thiophene rings is 1. The summed E-state index contributed by atoms with van der Waals surface area (Å²) in [5.41, 5.74) is 7.51. The van der Waals surface area contributed by atoms with Crippen molar-refractivity contribution in [3.8, 4) is 0 Å². The van der Waals surface area contributed by atoms with E-state index in [1.807, 2.05) is 13.0 Å². The maximum absolute atomic E-state index is 5.66. The van der Waals surface area contributed by atoms with E-state index in [9.17, 15) is 0 Å². The van der Waals surface area contributed by atoms with Crippen LogP contribution in [0.1, 0.15) is 23.2 Å². The molecule has 0 radical (unpaired) electrons. The number of aryl methyl sites for hydroxylation is 1. The first-order valence-corrected chi connectivity index (χ1v) is 6.93. The summed E-state index contributed by atoms with van der Waals surface area (Å²) in [6.45, 7) is 6.27. The van der Waals surface area contributed by atoms with Crippen molar-refractivity contribution >= 4 is 17.3 Å². The first kappa shape index (κ1) is 13.0. The minimum atomic E-state index is 0.451.